The summed E-state index contributed by atoms with van der Waals surface area (Å²) in [6.07, 6.45) is 6.03. The predicted octanol–water partition coefficient (Wildman–Crippen LogP) is 1.41. The average Bonchev–Trinajstić information content (AvgIpc) is 2.50. The fourth-order valence-corrected chi connectivity index (χ4v) is 1.07. The van der Waals surface area contributed by atoms with E-state index in [4.69, 9.17) is 15.9 Å². The van der Waals surface area contributed by atoms with Crippen LogP contribution in [0.15, 0.2) is 0 Å². The van der Waals surface area contributed by atoms with Crippen LogP contribution in [0.4, 0.5) is 0 Å². The normalized spacial score (nSPS) is 33.2. The van der Waals surface area contributed by atoms with Crippen molar-refractivity contribution in [1.29, 1.82) is 0 Å². The molecule has 0 aromatic carbocycles. The summed E-state index contributed by atoms with van der Waals surface area (Å²) < 4.78 is 10.6. The number of hydrogen-bond acceptors (Lipinski definition) is 2. The Balaban J connectivity index is 2.36. The van der Waals surface area contributed by atoms with Gasteiger partial charge in [0.1, 0.15) is 0 Å². The lowest BCUT2D eigenvalue weighted by Crippen LogP contribution is -2.20. The Morgan fingerprint density at radius 3 is 2.91 bits per heavy atom. The van der Waals surface area contributed by atoms with Gasteiger partial charge >= 0.3 is 0 Å². The van der Waals surface area contributed by atoms with Gasteiger partial charge < -0.3 is 9.47 Å². The second-order valence-electron chi connectivity index (χ2n) is 2.89. The summed E-state index contributed by atoms with van der Waals surface area (Å²) in [5.74, 6) is 2.96. The Hall–Kier alpha value is -0.520. The molecule has 3 unspecified atom stereocenters. The van der Waals surface area contributed by atoms with Gasteiger partial charge in [0.25, 0.3) is 0 Å². The highest BCUT2D eigenvalue weighted by molar-refractivity contribution is 4.92. The van der Waals surface area contributed by atoms with Gasteiger partial charge in [0.2, 0.25) is 6.29 Å². The van der Waals surface area contributed by atoms with E-state index in [1.54, 1.807) is 0 Å². The first-order valence-corrected chi connectivity index (χ1v) is 4.01. The summed E-state index contributed by atoms with van der Waals surface area (Å²) in [7, 11) is 0. The summed E-state index contributed by atoms with van der Waals surface area (Å²) in [6, 6.07) is 0. The van der Waals surface area contributed by atoms with Crippen molar-refractivity contribution in [3.63, 3.8) is 0 Å². The molecule has 3 atom stereocenters. The number of rotatable bonds is 2. The van der Waals surface area contributed by atoms with Crippen molar-refractivity contribution in [2.75, 3.05) is 6.61 Å². The fraction of sp³-hybridized carbons (Fsp3) is 0.778. The van der Waals surface area contributed by atoms with Gasteiger partial charge in [0, 0.05) is 0 Å². The molecule has 0 bridgehead atoms. The summed E-state index contributed by atoms with van der Waals surface area (Å²) >= 11 is 0. The van der Waals surface area contributed by atoms with Crippen molar-refractivity contribution < 1.29 is 9.47 Å². The van der Waals surface area contributed by atoms with Crippen LogP contribution in [0.25, 0.3) is 0 Å². The van der Waals surface area contributed by atoms with E-state index in [9.17, 15) is 0 Å². The van der Waals surface area contributed by atoms with Gasteiger partial charge in [-0.2, -0.15) is 0 Å². The van der Waals surface area contributed by atoms with Crippen molar-refractivity contribution in [3.8, 4) is 12.3 Å². The number of hydrogen-bond donors (Lipinski definition) is 0. The van der Waals surface area contributed by atoms with Crippen molar-refractivity contribution >= 4 is 0 Å². The van der Waals surface area contributed by atoms with Crippen LogP contribution in [0.2, 0.25) is 0 Å². The van der Waals surface area contributed by atoms with Gasteiger partial charge in [-0.05, 0) is 11.8 Å². The molecular formula is C9H14O2. The maximum atomic E-state index is 5.40. The Kier molecular flexibility index (Phi) is 2.92. The lowest BCUT2D eigenvalue weighted by molar-refractivity contribution is -0.0229. The van der Waals surface area contributed by atoms with Gasteiger partial charge in [0.05, 0.1) is 12.7 Å². The van der Waals surface area contributed by atoms with Gasteiger partial charge in [-0.15, -0.1) is 6.42 Å². The van der Waals surface area contributed by atoms with Gasteiger partial charge in [-0.1, -0.05) is 20.3 Å². The first-order valence-electron chi connectivity index (χ1n) is 4.01. The smallest absolute Gasteiger partial charge is 0.222 e. The van der Waals surface area contributed by atoms with E-state index >= 15 is 0 Å². The lowest BCUT2D eigenvalue weighted by Gasteiger charge is -2.14. The second-order valence-corrected chi connectivity index (χ2v) is 2.89. The molecule has 0 spiro atoms. The molecule has 0 radical (unpaired) electrons. The molecule has 0 aromatic heterocycles. The largest absolute Gasteiger partial charge is 0.339 e. The zero-order valence-electron chi connectivity index (χ0n) is 7.04. The van der Waals surface area contributed by atoms with Crippen molar-refractivity contribution in [1.82, 2.24) is 0 Å². The lowest BCUT2D eigenvalue weighted by atomic mass is 10.0. The minimum Gasteiger partial charge on any atom is -0.339 e. The highest BCUT2D eigenvalue weighted by Gasteiger charge is 2.27. The van der Waals surface area contributed by atoms with Gasteiger partial charge in [0.15, 0.2) is 0 Å². The first-order chi connectivity index (χ1) is 5.27. The Morgan fingerprint density at radius 1 is 1.73 bits per heavy atom. The van der Waals surface area contributed by atoms with E-state index in [-0.39, 0.29) is 6.10 Å². The molecule has 1 aliphatic rings. The van der Waals surface area contributed by atoms with Crippen molar-refractivity contribution in [2.45, 2.75) is 32.7 Å². The Labute approximate surface area is 67.9 Å². The Bertz CT molecular complexity index is 159. The van der Waals surface area contributed by atoms with Crippen LogP contribution < -0.4 is 0 Å². The molecule has 2 nitrogen and oxygen atoms in total. The highest BCUT2D eigenvalue weighted by atomic mass is 16.7. The van der Waals surface area contributed by atoms with Crippen LogP contribution >= 0.6 is 0 Å². The SMILES string of the molecule is C#CC1OCC(C(C)CC)O1. The molecule has 1 aliphatic heterocycles. The molecule has 0 amide bonds. The van der Waals surface area contributed by atoms with E-state index < -0.39 is 6.29 Å². The molecular weight excluding hydrogens is 140 g/mol. The second kappa shape index (κ2) is 3.75. The number of terminal acetylenes is 1. The zero-order chi connectivity index (χ0) is 8.27. The number of ether oxygens (including phenoxy) is 2. The third-order valence-corrected chi connectivity index (χ3v) is 2.12. The highest BCUT2D eigenvalue weighted by Crippen LogP contribution is 2.19. The summed E-state index contributed by atoms with van der Waals surface area (Å²) in [5.41, 5.74) is 0. The molecule has 62 valence electrons. The molecule has 2 heteroatoms. The molecule has 0 aliphatic carbocycles. The predicted molar refractivity (Wildman–Crippen MR) is 42.9 cm³/mol. The van der Waals surface area contributed by atoms with Crippen molar-refractivity contribution in [3.05, 3.63) is 0 Å². The van der Waals surface area contributed by atoms with Gasteiger partial charge in [-0.3, -0.25) is 0 Å². The molecule has 0 N–H and O–H groups in total. The summed E-state index contributed by atoms with van der Waals surface area (Å²) in [4.78, 5) is 0. The Morgan fingerprint density at radius 2 is 2.45 bits per heavy atom. The standard InChI is InChI=1S/C9H14O2/c1-4-7(3)8-6-10-9(5-2)11-8/h2,7-9H,4,6H2,1,3H3. The van der Waals surface area contributed by atoms with Crippen LogP contribution in [0.3, 0.4) is 0 Å². The monoisotopic (exact) mass is 154 g/mol. The summed E-state index contributed by atoms with van der Waals surface area (Å²) in [5, 5.41) is 0. The van der Waals surface area contributed by atoms with E-state index in [0.717, 1.165) is 6.42 Å². The summed E-state index contributed by atoms with van der Waals surface area (Å²) in [6.45, 7) is 4.92. The molecule has 11 heavy (non-hydrogen) atoms. The quantitative estimate of drug-likeness (QED) is 0.560. The molecule has 1 saturated heterocycles. The molecule has 0 aromatic rings. The van der Waals surface area contributed by atoms with Crippen molar-refractivity contribution in [2.24, 2.45) is 5.92 Å². The van der Waals surface area contributed by atoms with Crippen LogP contribution in [0.5, 0.6) is 0 Å². The van der Waals surface area contributed by atoms with Crippen LogP contribution in [-0.4, -0.2) is 19.0 Å². The van der Waals surface area contributed by atoms with E-state index in [0.29, 0.717) is 12.5 Å². The van der Waals surface area contributed by atoms with Crippen LogP contribution in [0, 0.1) is 18.3 Å². The molecule has 0 saturated carbocycles. The molecule has 1 rings (SSSR count). The average molecular weight is 154 g/mol. The molecule has 1 heterocycles. The minimum absolute atomic E-state index is 0.195. The molecule has 1 fully saturated rings. The maximum Gasteiger partial charge on any atom is 0.222 e. The first kappa shape index (κ1) is 8.58. The minimum atomic E-state index is -0.408. The van der Waals surface area contributed by atoms with Crippen LogP contribution in [-0.2, 0) is 9.47 Å². The fourth-order valence-electron chi connectivity index (χ4n) is 1.07. The topological polar surface area (TPSA) is 18.5 Å². The third kappa shape index (κ3) is 1.95. The van der Waals surface area contributed by atoms with Crippen LogP contribution in [0.1, 0.15) is 20.3 Å². The van der Waals surface area contributed by atoms with E-state index in [1.165, 1.54) is 0 Å². The maximum absolute atomic E-state index is 5.40. The van der Waals surface area contributed by atoms with E-state index in [1.807, 2.05) is 0 Å². The third-order valence-electron chi connectivity index (χ3n) is 2.12. The van der Waals surface area contributed by atoms with Gasteiger partial charge in [-0.25, -0.2) is 0 Å². The van der Waals surface area contributed by atoms with E-state index in [2.05, 4.69) is 19.8 Å². The zero-order valence-corrected chi connectivity index (χ0v) is 7.04.